The van der Waals surface area contributed by atoms with E-state index in [-0.39, 0.29) is 23.4 Å². The van der Waals surface area contributed by atoms with E-state index < -0.39 is 37.2 Å². The predicted molar refractivity (Wildman–Crippen MR) is 93.7 cm³/mol. The summed E-state index contributed by atoms with van der Waals surface area (Å²) in [5.41, 5.74) is 0.281. The van der Waals surface area contributed by atoms with Crippen LogP contribution in [0.1, 0.15) is 11.1 Å². The van der Waals surface area contributed by atoms with E-state index >= 15 is 0 Å². The zero-order valence-electron chi connectivity index (χ0n) is 15.0. The lowest BCUT2D eigenvalue weighted by molar-refractivity contribution is -0.116. The summed E-state index contributed by atoms with van der Waals surface area (Å²) in [6.45, 7) is -9.58. The molecule has 2 aromatic rings. The third-order valence-corrected chi connectivity index (χ3v) is 3.48. The minimum absolute atomic E-state index is 0.00602. The molecule has 0 atom stereocenters. The Hall–Kier alpha value is -3.37. The van der Waals surface area contributed by atoms with Crippen molar-refractivity contribution in [1.82, 2.24) is 5.32 Å². The molecule has 0 aliphatic carbocycles. The summed E-state index contributed by atoms with van der Waals surface area (Å²) in [5, 5.41) is 2.42. The molecule has 11 heteroatoms. The zero-order valence-corrected chi connectivity index (χ0v) is 15.0. The van der Waals surface area contributed by atoms with Gasteiger partial charge in [-0.15, -0.1) is 0 Å². The average molecular weight is 435 g/mol. The van der Waals surface area contributed by atoms with Crippen molar-refractivity contribution in [3.05, 3.63) is 59.7 Å². The first-order valence-corrected chi connectivity index (χ1v) is 8.27. The van der Waals surface area contributed by atoms with Crippen LogP contribution in [0.3, 0.4) is 0 Å². The van der Waals surface area contributed by atoms with E-state index in [9.17, 15) is 31.1 Å². The molecule has 0 aliphatic heterocycles. The largest absolute Gasteiger partial charge is 0.435 e. The molecule has 0 fully saturated rings. The van der Waals surface area contributed by atoms with Gasteiger partial charge in [0.15, 0.2) is 0 Å². The summed E-state index contributed by atoms with van der Waals surface area (Å²) in [6, 6.07) is 8.87. The molecule has 1 N–H and O–H groups in total. The van der Waals surface area contributed by atoms with Crippen LogP contribution in [0.15, 0.2) is 48.5 Å². The summed E-state index contributed by atoms with van der Waals surface area (Å²) in [6.07, 6.45) is 2.08. The van der Waals surface area contributed by atoms with Gasteiger partial charge in [0, 0.05) is 29.8 Å². The molecule has 0 aliphatic rings. The molecule has 162 valence electrons. The number of ether oxygens (including phenoxy) is 3. The van der Waals surface area contributed by atoms with Gasteiger partial charge in [-0.25, -0.2) is 0 Å². The van der Waals surface area contributed by atoms with Crippen LogP contribution >= 0.6 is 0 Å². The van der Waals surface area contributed by atoms with Crippen molar-refractivity contribution >= 4 is 12.0 Å². The first kappa shape index (κ1) is 22.9. The number of alkyl halides is 6. The fourth-order valence-corrected chi connectivity index (χ4v) is 2.29. The highest BCUT2D eigenvalue weighted by Crippen LogP contribution is 2.28. The molecule has 0 heterocycles. The number of hydrogen-bond donors (Lipinski definition) is 1. The van der Waals surface area contributed by atoms with Crippen molar-refractivity contribution in [2.45, 2.75) is 26.4 Å². The Labute approximate surface area is 166 Å². The van der Waals surface area contributed by atoms with Crippen LogP contribution in [0.2, 0.25) is 0 Å². The third-order valence-electron chi connectivity index (χ3n) is 3.48. The van der Waals surface area contributed by atoms with Gasteiger partial charge in [-0.05, 0) is 24.3 Å². The van der Waals surface area contributed by atoms with Gasteiger partial charge in [0.25, 0.3) is 0 Å². The molecule has 0 spiro atoms. The Morgan fingerprint density at radius 1 is 0.867 bits per heavy atom. The number of para-hydroxylation sites is 1. The smallest absolute Gasteiger partial charge is 0.387 e. The fraction of sp³-hybridized carbons (Fsp3) is 0.211. The molecule has 0 saturated carbocycles. The van der Waals surface area contributed by atoms with Gasteiger partial charge in [0.05, 0.1) is 0 Å². The van der Waals surface area contributed by atoms with Gasteiger partial charge >= 0.3 is 19.8 Å². The maximum atomic E-state index is 12.6. The van der Waals surface area contributed by atoms with Gasteiger partial charge in [-0.1, -0.05) is 18.2 Å². The van der Waals surface area contributed by atoms with Crippen LogP contribution in [0.4, 0.5) is 26.3 Å². The number of carbonyl (C=O) groups is 1. The lowest BCUT2D eigenvalue weighted by Crippen LogP contribution is -2.21. The van der Waals surface area contributed by atoms with Gasteiger partial charge in [-0.2, -0.15) is 26.3 Å². The highest BCUT2D eigenvalue weighted by atomic mass is 19.3. The van der Waals surface area contributed by atoms with Gasteiger partial charge < -0.3 is 19.5 Å². The van der Waals surface area contributed by atoms with Crippen molar-refractivity contribution in [3.63, 3.8) is 0 Å². The Balaban J connectivity index is 2.07. The van der Waals surface area contributed by atoms with E-state index in [0.717, 1.165) is 30.4 Å². The average Bonchev–Trinajstić information content (AvgIpc) is 2.65. The van der Waals surface area contributed by atoms with Crippen LogP contribution < -0.4 is 19.5 Å². The lowest BCUT2D eigenvalue weighted by atomic mass is 10.1. The molecular weight excluding hydrogens is 420 g/mol. The SMILES string of the molecule is O=C(/C=C/c1ccc(OC(F)F)cc1OC(F)F)NCc1ccccc1OC(F)F. The molecule has 0 aromatic heterocycles. The summed E-state index contributed by atoms with van der Waals surface area (Å²) in [5.74, 6) is -1.68. The number of benzene rings is 2. The minimum atomic E-state index is -3.24. The normalized spacial score (nSPS) is 11.4. The third kappa shape index (κ3) is 7.57. The molecular formula is C19H15F6NO4. The van der Waals surface area contributed by atoms with Crippen molar-refractivity contribution in [3.8, 4) is 17.2 Å². The highest BCUT2D eigenvalue weighted by molar-refractivity contribution is 5.92. The molecule has 0 bridgehead atoms. The van der Waals surface area contributed by atoms with Crippen molar-refractivity contribution in [2.24, 2.45) is 0 Å². The molecule has 5 nitrogen and oxygen atoms in total. The first-order valence-electron chi connectivity index (χ1n) is 8.27. The number of amides is 1. The van der Waals surface area contributed by atoms with Crippen LogP contribution in [0, 0.1) is 0 Å². The second-order valence-corrected chi connectivity index (χ2v) is 5.49. The van der Waals surface area contributed by atoms with Crippen LogP contribution in [-0.2, 0) is 11.3 Å². The van der Waals surface area contributed by atoms with E-state index in [1.165, 1.54) is 18.2 Å². The number of carbonyl (C=O) groups excluding carboxylic acids is 1. The Morgan fingerprint density at radius 3 is 2.17 bits per heavy atom. The minimum Gasteiger partial charge on any atom is -0.435 e. The number of rotatable bonds is 10. The van der Waals surface area contributed by atoms with E-state index in [1.54, 1.807) is 6.07 Å². The second kappa shape index (κ2) is 11.0. The fourth-order valence-electron chi connectivity index (χ4n) is 2.29. The zero-order chi connectivity index (χ0) is 22.1. The number of nitrogens with one attached hydrogen (secondary N) is 1. The van der Waals surface area contributed by atoms with Gasteiger partial charge in [-0.3, -0.25) is 4.79 Å². The lowest BCUT2D eigenvalue weighted by Gasteiger charge is -2.11. The Kier molecular flexibility index (Phi) is 8.39. The van der Waals surface area contributed by atoms with Crippen LogP contribution in [-0.4, -0.2) is 25.7 Å². The molecule has 0 saturated heterocycles. The molecule has 0 unspecified atom stereocenters. The van der Waals surface area contributed by atoms with E-state index in [2.05, 4.69) is 19.5 Å². The molecule has 0 radical (unpaired) electrons. The van der Waals surface area contributed by atoms with Gasteiger partial charge in [0.1, 0.15) is 17.2 Å². The Morgan fingerprint density at radius 2 is 1.50 bits per heavy atom. The summed E-state index contributed by atoms with van der Waals surface area (Å²) >= 11 is 0. The molecule has 2 aromatic carbocycles. The van der Waals surface area contributed by atoms with Crippen molar-refractivity contribution in [2.75, 3.05) is 0 Å². The maximum Gasteiger partial charge on any atom is 0.387 e. The maximum absolute atomic E-state index is 12.6. The van der Waals surface area contributed by atoms with Crippen LogP contribution in [0.5, 0.6) is 17.2 Å². The topological polar surface area (TPSA) is 56.8 Å². The van der Waals surface area contributed by atoms with Crippen LogP contribution in [0.25, 0.3) is 6.08 Å². The van der Waals surface area contributed by atoms with Gasteiger partial charge in [0.2, 0.25) is 5.91 Å². The summed E-state index contributed by atoms with van der Waals surface area (Å²) in [4.78, 5) is 12.0. The highest BCUT2D eigenvalue weighted by Gasteiger charge is 2.13. The second-order valence-electron chi connectivity index (χ2n) is 5.49. The molecule has 1 amide bonds. The number of halogens is 6. The van der Waals surface area contributed by atoms with E-state index in [0.29, 0.717) is 0 Å². The first-order chi connectivity index (χ1) is 14.2. The van der Waals surface area contributed by atoms with E-state index in [1.807, 2.05) is 0 Å². The Bertz CT molecular complexity index is 876. The molecule has 30 heavy (non-hydrogen) atoms. The summed E-state index contributed by atoms with van der Waals surface area (Å²) < 4.78 is 87.1. The van der Waals surface area contributed by atoms with E-state index in [4.69, 9.17) is 0 Å². The summed E-state index contributed by atoms with van der Waals surface area (Å²) in [7, 11) is 0. The predicted octanol–water partition coefficient (Wildman–Crippen LogP) is 4.82. The van der Waals surface area contributed by atoms with Crippen molar-refractivity contribution < 1.29 is 45.3 Å². The molecule has 2 rings (SSSR count). The quantitative estimate of drug-likeness (QED) is 0.430. The monoisotopic (exact) mass is 435 g/mol. The number of hydrogen-bond acceptors (Lipinski definition) is 4. The standard InChI is InChI=1S/C19H15F6NO4/c20-17(21)28-13-7-5-11(15(9-13)30-19(24)25)6-8-16(27)26-10-12-3-1-2-4-14(12)29-18(22)23/h1-9,17-19H,10H2,(H,26,27)/b8-6+. The van der Waals surface area contributed by atoms with Crippen molar-refractivity contribution in [1.29, 1.82) is 0 Å².